The lowest BCUT2D eigenvalue weighted by Gasteiger charge is -2.23. The first-order valence-electron chi connectivity index (χ1n) is 11.6. The van der Waals surface area contributed by atoms with Crippen LogP contribution in [-0.2, 0) is 15.5 Å². The van der Waals surface area contributed by atoms with Gasteiger partial charge in [0.2, 0.25) is 5.91 Å². The van der Waals surface area contributed by atoms with E-state index in [9.17, 15) is 31.7 Å². The van der Waals surface area contributed by atoms with E-state index in [0.717, 1.165) is 23.1 Å². The third kappa shape index (κ3) is 5.94. The summed E-state index contributed by atoms with van der Waals surface area (Å²) in [4.78, 5) is 26.1. The second kappa shape index (κ2) is 10.6. The Bertz CT molecular complexity index is 1510. The Morgan fingerprint density at radius 3 is 2.38 bits per heavy atom. The molecule has 6 nitrogen and oxygen atoms in total. The van der Waals surface area contributed by atoms with Crippen molar-refractivity contribution in [2.45, 2.75) is 18.6 Å². The van der Waals surface area contributed by atoms with Crippen LogP contribution in [0.1, 0.15) is 12.0 Å². The lowest BCUT2D eigenvalue weighted by atomic mass is 9.97. The third-order valence-electron chi connectivity index (χ3n) is 6.16. The van der Waals surface area contributed by atoms with Crippen LogP contribution in [0.2, 0.25) is 5.02 Å². The van der Waals surface area contributed by atoms with E-state index >= 15 is 4.39 Å². The van der Waals surface area contributed by atoms with Crippen LogP contribution in [0, 0.1) is 11.6 Å². The second-order valence-electron chi connectivity index (χ2n) is 9.24. The highest BCUT2D eigenvalue weighted by Gasteiger charge is 2.42. The van der Waals surface area contributed by atoms with Crippen molar-refractivity contribution in [1.82, 2.24) is 5.32 Å². The molecule has 1 aliphatic rings. The Hall–Kier alpha value is -3.43. The van der Waals surface area contributed by atoms with Crippen molar-refractivity contribution in [1.29, 1.82) is 0 Å². The Balaban J connectivity index is 1.63. The molecular weight excluding hydrogens is 564 g/mol. The minimum atomic E-state index is -5.14. The zero-order chi connectivity index (χ0) is 28.7. The summed E-state index contributed by atoms with van der Waals surface area (Å²) in [5.41, 5.74) is -2.95. The third-order valence-corrected chi connectivity index (χ3v) is 7.95. The van der Waals surface area contributed by atoms with E-state index in [-0.39, 0.29) is 34.5 Å². The molecule has 1 fully saturated rings. The molecule has 3 aromatic rings. The number of amides is 3. The van der Waals surface area contributed by atoms with Gasteiger partial charge in [-0.15, -0.1) is 0 Å². The molecule has 0 saturated carbocycles. The average molecular weight is 586 g/mol. The number of hydrogen-bond acceptors (Lipinski definition) is 3. The van der Waals surface area contributed by atoms with Crippen molar-refractivity contribution in [2.75, 3.05) is 30.1 Å². The monoisotopic (exact) mass is 585 g/mol. The Morgan fingerprint density at radius 1 is 1.05 bits per heavy atom. The summed E-state index contributed by atoms with van der Waals surface area (Å²) in [5.74, 6) is -3.32. The molecule has 13 heteroatoms. The molecule has 39 heavy (non-hydrogen) atoms. The van der Waals surface area contributed by atoms with Crippen LogP contribution in [-0.4, -0.2) is 37.9 Å². The van der Waals surface area contributed by atoms with E-state index in [4.69, 9.17) is 11.6 Å². The van der Waals surface area contributed by atoms with Crippen molar-refractivity contribution in [3.05, 3.63) is 76.8 Å². The number of urea groups is 1. The molecule has 3 aromatic carbocycles. The molecule has 0 aliphatic carbocycles. The zero-order valence-electron chi connectivity index (χ0n) is 20.6. The standard InChI is InChI=1S/C26H22ClF5N3O3P/c1-39(2,38)21-6-4-3-5-15(21)16-8-10-20(23(29)22(16)26(30,31)32)35-12-11-19(24(35)36)34-25(37)33-18-9-7-14(27)13-17(18)28/h3-10,13,19H,11-12H2,1-2H3,(H2,33,34,37)/t19-/m1/s1. The van der Waals surface area contributed by atoms with Gasteiger partial charge in [0.25, 0.3) is 0 Å². The number of carbonyl (C=O) groups is 2. The predicted molar refractivity (Wildman–Crippen MR) is 140 cm³/mol. The second-order valence-corrected chi connectivity index (χ2v) is 12.9. The summed E-state index contributed by atoms with van der Waals surface area (Å²) >= 11 is 5.68. The number of nitrogens with one attached hydrogen (secondary N) is 2. The number of halogens is 6. The molecule has 0 radical (unpaired) electrons. The van der Waals surface area contributed by atoms with E-state index in [1.54, 1.807) is 0 Å². The van der Waals surface area contributed by atoms with Crippen LogP contribution in [0.25, 0.3) is 11.1 Å². The first kappa shape index (κ1) is 28.6. The van der Waals surface area contributed by atoms with Gasteiger partial charge < -0.3 is 20.1 Å². The van der Waals surface area contributed by atoms with E-state index < -0.39 is 59.7 Å². The molecule has 206 valence electrons. The van der Waals surface area contributed by atoms with Gasteiger partial charge in [0.05, 0.1) is 11.4 Å². The van der Waals surface area contributed by atoms with Crippen molar-refractivity contribution in [3.63, 3.8) is 0 Å². The summed E-state index contributed by atoms with van der Waals surface area (Å²) in [6.07, 6.45) is -5.17. The molecule has 1 atom stereocenters. The van der Waals surface area contributed by atoms with Crippen LogP contribution < -0.4 is 20.8 Å². The summed E-state index contributed by atoms with van der Waals surface area (Å²) in [5, 5.41) is 4.81. The quantitative estimate of drug-likeness (QED) is 0.266. The van der Waals surface area contributed by atoms with E-state index in [1.165, 1.54) is 49.7 Å². The van der Waals surface area contributed by atoms with Crippen LogP contribution >= 0.6 is 18.7 Å². The average Bonchev–Trinajstić information content (AvgIpc) is 3.19. The number of nitrogens with zero attached hydrogens (tertiary/aromatic N) is 1. The minimum absolute atomic E-state index is 0.0259. The van der Waals surface area contributed by atoms with Crippen molar-refractivity contribution >= 4 is 47.4 Å². The summed E-state index contributed by atoms with van der Waals surface area (Å²) in [6, 6.07) is 9.24. The van der Waals surface area contributed by atoms with E-state index in [2.05, 4.69) is 10.6 Å². The molecule has 1 heterocycles. The number of rotatable bonds is 5. The number of anilines is 2. The molecule has 0 bridgehead atoms. The molecule has 2 N–H and O–H groups in total. The largest absolute Gasteiger partial charge is 0.419 e. The first-order chi connectivity index (χ1) is 18.2. The van der Waals surface area contributed by atoms with Gasteiger partial charge in [0, 0.05) is 16.9 Å². The van der Waals surface area contributed by atoms with E-state index in [1.807, 2.05) is 0 Å². The van der Waals surface area contributed by atoms with Gasteiger partial charge in [0.15, 0.2) is 5.82 Å². The fourth-order valence-electron chi connectivity index (χ4n) is 4.41. The fourth-order valence-corrected chi connectivity index (χ4v) is 5.79. The van der Waals surface area contributed by atoms with Crippen molar-refractivity contribution in [3.8, 4) is 11.1 Å². The maximum absolute atomic E-state index is 15.6. The van der Waals surface area contributed by atoms with Gasteiger partial charge in [-0.1, -0.05) is 41.9 Å². The van der Waals surface area contributed by atoms with Gasteiger partial charge in [-0.05, 0) is 55.1 Å². The van der Waals surface area contributed by atoms with Gasteiger partial charge in [-0.2, -0.15) is 13.2 Å². The Kier molecular flexibility index (Phi) is 7.78. The first-order valence-corrected chi connectivity index (χ1v) is 14.5. The molecule has 3 amide bonds. The lowest BCUT2D eigenvalue weighted by molar-refractivity contribution is -0.139. The highest BCUT2D eigenvalue weighted by molar-refractivity contribution is 7.70. The number of benzene rings is 3. The molecular formula is C26H22ClF5N3O3P. The van der Waals surface area contributed by atoms with Crippen molar-refractivity contribution < 1.29 is 36.1 Å². The maximum Gasteiger partial charge on any atom is 0.419 e. The summed E-state index contributed by atoms with van der Waals surface area (Å²) in [7, 11) is -3.03. The van der Waals surface area contributed by atoms with Gasteiger partial charge >= 0.3 is 12.2 Å². The smallest absolute Gasteiger partial charge is 0.326 e. The molecule has 1 saturated heterocycles. The SMILES string of the molecule is CP(C)(=O)c1ccccc1-c1ccc(N2CC[C@@H](NC(=O)Nc3ccc(Cl)cc3F)C2=O)c(F)c1C(F)(F)F. The van der Waals surface area contributed by atoms with Crippen LogP contribution in [0.5, 0.6) is 0 Å². The van der Waals surface area contributed by atoms with Crippen LogP contribution in [0.15, 0.2) is 54.6 Å². The summed E-state index contributed by atoms with van der Waals surface area (Å²) < 4.78 is 84.8. The number of carbonyl (C=O) groups excluding carboxylic acids is 2. The minimum Gasteiger partial charge on any atom is -0.326 e. The zero-order valence-corrected chi connectivity index (χ0v) is 22.2. The summed E-state index contributed by atoms with van der Waals surface area (Å²) in [6.45, 7) is 2.62. The normalized spacial score (nSPS) is 15.9. The van der Waals surface area contributed by atoms with Crippen molar-refractivity contribution in [2.24, 2.45) is 0 Å². The Labute approximate surface area is 225 Å². The molecule has 0 spiro atoms. The van der Waals surface area contributed by atoms with Gasteiger partial charge in [0.1, 0.15) is 24.6 Å². The highest BCUT2D eigenvalue weighted by Crippen LogP contribution is 2.45. The predicted octanol–water partition coefficient (Wildman–Crippen LogP) is 6.48. The number of alkyl halides is 3. The molecule has 0 aromatic heterocycles. The van der Waals surface area contributed by atoms with Crippen LogP contribution in [0.3, 0.4) is 0 Å². The number of hydrogen-bond donors (Lipinski definition) is 2. The Morgan fingerprint density at radius 2 is 1.74 bits per heavy atom. The highest BCUT2D eigenvalue weighted by atomic mass is 35.5. The molecule has 0 unspecified atom stereocenters. The lowest BCUT2D eigenvalue weighted by Crippen LogP contribution is -2.43. The van der Waals surface area contributed by atoms with Gasteiger partial charge in [-0.3, -0.25) is 4.79 Å². The molecule has 4 rings (SSSR count). The topological polar surface area (TPSA) is 78.5 Å². The van der Waals surface area contributed by atoms with Gasteiger partial charge in [-0.25, -0.2) is 13.6 Å². The van der Waals surface area contributed by atoms with E-state index in [0.29, 0.717) is 0 Å². The van der Waals surface area contributed by atoms with Crippen LogP contribution in [0.4, 0.5) is 38.1 Å². The maximum atomic E-state index is 15.6. The molecule has 1 aliphatic heterocycles. The fraction of sp³-hybridized carbons (Fsp3) is 0.231.